The Labute approximate surface area is 174 Å². The van der Waals surface area contributed by atoms with Crippen molar-refractivity contribution >= 4 is 29.5 Å². The minimum atomic E-state index is -1.68. The summed E-state index contributed by atoms with van der Waals surface area (Å²) in [5.41, 5.74) is 17.2. The molecule has 2 amide bonds. The molecule has 0 spiro atoms. The number of guanidine groups is 1. The highest BCUT2D eigenvalue weighted by molar-refractivity contribution is 6.35. The van der Waals surface area contributed by atoms with Crippen molar-refractivity contribution < 1.29 is 24.3 Å². The molecule has 11 nitrogen and oxygen atoms in total. The number of nitrogens with one attached hydrogen (secondary N) is 2. The summed E-state index contributed by atoms with van der Waals surface area (Å²) in [4.78, 5) is 51.2. The van der Waals surface area contributed by atoms with E-state index in [0.29, 0.717) is 0 Å². The third kappa shape index (κ3) is 8.69. The molecule has 0 unspecified atom stereocenters. The van der Waals surface area contributed by atoms with Crippen molar-refractivity contribution in [2.45, 2.75) is 44.3 Å². The van der Waals surface area contributed by atoms with Crippen LogP contribution in [0.3, 0.4) is 0 Å². The zero-order chi connectivity index (χ0) is 22.7. The average molecular weight is 420 g/mol. The first kappa shape index (κ1) is 24.6. The maximum atomic E-state index is 12.4. The molecule has 0 saturated heterocycles. The summed E-state index contributed by atoms with van der Waals surface area (Å²) in [6.45, 7) is 1.58. The van der Waals surface area contributed by atoms with E-state index in [0.717, 1.165) is 5.56 Å². The Morgan fingerprint density at radius 1 is 1.07 bits per heavy atom. The fraction of sp³-hybridized carbons (Fsp3) is 0.421. The Morgan fingerprint density at radius 3 is 2.27 bits per heavy atom. The molecule has 1 rings (SSSR count). The number of Topliss-reactive ketones (excluding diaryl/α,β-unsaturated/α-hetero) is 1. The predicted molar refractivity (Wildman–Crippen MR) is 110 cm³/mol. The highest BCUT2D eigenvalue weighted by atomic mass is 16.4. The lowest BCUT2D eigenvalue weighted by Crippen LogP contribution is -2.54. The molecule has 0 aliphatic carbocycles. The number of nitrogens with two attached hydrogens (primary N) is 3. The van der Waals surface area contributed by atoms with Gasteiger partial charge in [-0.05, 0) is 31.7 Å². The van der Waals surface area contributed by atoms with E-state index < -0.39 is 41.7 Å². The number of benzene rings is 1. The van der Waals surface area contributed by atoms with Crippen LogP contribution in [0.25, 0.3) is 0 Å². The number of aliphatic carboxylic acids is 1. The van der Waals surface area contributed by atoms with E-state index in [4.69, 9.17) is 22.3 Å². The summed E-state index contributed by atoms with van der Waals surface area (Å²) >= 11 is 0. The van der Waals surface area contributed by atoms with Crippen molar-refractivity contribution in [3.05, 3.63) is 35.9 Å². The van der Waals surface area contributed by atoms with E-state index in [-0.39, 0.29) is 31.8 Å². The maximum Gasteiger partial charge on any atom is 0.374 e. The number of carbonyl (C=O) groups excluding carboxylic acids is 3. The van der Waals surface area contributed by atoms with Crippen molar-refractivity contribution in [1.82, 2.24) is 10.6 Å². The van der Waals surface area contributed by atoms with Crippen molar-refractivity contribution in [3.8, 4) is 0 Å². The minimum Gasteiger partial charge on any atom is -0.475 e. The summed E-state index contributed by atoms with van der Waals surface area (Å²) in [6, 6.07) is 5.96. The van der Waals surface area contributed by atoms with Gasteiger partial charge in [-0.25, -0.2) is 4.79 Å². The molecule has 0 bridgehead atoms. The van der Waals surface area contributed by atoms with Gasteiger partial charge in [-0.3, -0.25) is 19.4 Å². The van der Waals surface area contributed by atoms with Gasteiger partial charge in [-0.1, -0.05) is 30.3 Å². The standard InChI is InChI=1S/C19H28N6O5/c1-11(24-17(28)13(20)10-12-6-3-2-4-7-12)16(27)25-14(15(26)18(29)30)8-5-9-23-19(21)22/h2-4,6-7,11,13-14H,5,8-10,20H2,1H3,(H,24,28)(H,25,27)(H,29,30)(H4,21,22,23)/t11-,13-,14-/m0/s1. The van der Waals surface area contributed by atoms with Gasteiger partial charge in [-0.15, -0.1) is 0 Å². The van der Waals surface area contributed by atoms with Crippen molar-refractivity contribution in [2.75, 3.05) is 6.54 Å². The molecule has 0 radical (unpaired) electrons. The van der Waals surface area contributed by atoms with Crippen molar-refractivity contribution in [2.24, 2.45) is 22.2 Å². The monoisotopic (exact) mass is 420 g/mol. The Kier molecular flexibility index (Phi) is 9.97. The average Bonchev–Trinajstić information content (AvgIpc) is 2.69. The molecule has 0 fully saturated rings. The molecular formula is C19H28N6O5. The lowest BCUT2D eigenvalue weighted by atomic mass is 10.1. The molecule has 1 aromatic rings. The molecule has 1 aromatic carbocycles. The van der Waals surface area contributed by atoms with Gasteiger partial charge < -0.3 is 32.9 Å². The van der Waals surface area contributed by atoms with Gasteiger partial charge in [0.25, 0.3) is 5.78 Å². The van der Waals surface area contributed by atoms with Gasteiger partial charge in [-0.2, -0.15) is 0 Å². The first-order valence-electron chi connectivity index (χ1n) is 9.34. The normalized spacial score (nSPS) is 13.4. The van der Waals surface area contributed by atoms with Crippen LogP contribution in [0, 0.1) is 0 Å². The quantitative estimate of drug-likeness (QED) is 0.0988. The summed E-state index contributed by atoms with van der Waals surface area (Å²) in [7, 11) is 0. The number of hydrogen-bond acceptors (Lipinski definition) is 6. The van der Waals surface area contributed by atoms with E-state index in [9.17, 15) is 19.2 Å². The molecule has 0 saturated carbocycles. The molecule has 0 aliphatic heterocycles. The van der Waals surface area contributed by atoms with E-state index in [2.05, 4.69) is 15.6 Å². The van der Waals surface area contributed by atoms with Crippen LogP contribution < -0.4 is 27.8 Å². The number of ketones is 1. The maximum absolute atomic E-state index is 12.4. The Bertz CT molecular complexity index is 779. The second-order valence-electron chi connectivity index (χ2n) is 6.71. The number of nitrogens with zero attached hydrogens (tertiary/aromatic N) is 1. The van der Waals surface area contributed by atoms with Gasteiger partial charge in [0.15, 0.2) is 5.96 Å². The Hall–Kier alpha value is -3.47. The molecule has 164 valence electrons. The molecule has 0 aromatic heterocycles. The van der Waals surface area contributed by atoms with Crippen LogP contribution in [-0.4, -0.2) is 59.3 Å². The SMILES string of the molecule is C[C@H](NC(=O)[C@@H](N)Cc1ccccc1)C(=O)N[C@@H](CCCN=C(N)N)C(=O)C(=O)O. The van der Waals surface area contributed by atoms with Crippen molar-refractivity contribution in [3.63, 3.8) is 0 Å². The third-order valence-corrected chi connectivity index (χ3v) is 4.18. The highest BCUT2D eigenvalue weighted by Crippen LogP contribution is 2.03. The second-order valence-corrected chi connectivity index (χ2v) is 6.71. The largest absolute Gasteiger partial charge is 0.475 e. The Morgan fingerprint density at radius 2 is 1.70 bits per heavy atom. The molecule has 9 N–H and O–H groups in total. The van der Waals surface area contributed by atoms with Crippen LogP contribution in [0.15, 0.2) is 35.3 Å². The summed E-state index contributed by atoms with van der Waals surface area (Å²) in [5, 5.41) is 13.8. The number of hydrogen-bond donors (Lipinski definition) is 6. The summed E-state index contributed by atoms with van der Waals surface area (Å²) in [5.74, 6) is -4.24. The van der Waals surface area contributed by atoms with Crippen LogP contribution in [0.1, 0.15) is 25.3 Å². The van der Waals surface area contributed by atoms with Crippen LogP contribution in [0.2, 0.25) is 0 Å². The fourth-order valence-electron chi connectivity index (χ4n) is 2.56. The van der Waals surface area contributed by atoms with Crippen LogP contribution in [0.4, 0.5) is 0 Å². The molecule has 3 atom stereocenters. The predicted octanol–water partition coefficient (Wildman–Crippen LogP) is -1.75. The van der Waals surface area contributed by atoms with Gasteiger partial charge >= 0.3 is 5.97 Å². The number of carbonyl (C=O) groups is 4. The molecule has 30 heavy (non-hydrogen) atoms. The van der Waals surface area contributed by atoms with Gasteiger partial charge in [0.05, 0.1) is 12.1 Å². The van der Waals surface area contributed by atoms with Gasteiger partial charge in [0.1, 0.15) is 6.04 Å². The topological polar surface area (TPSA) is 203 Å². The smallest absolute Gasteiger partial charge is 0.374 e. The minimum absolute atomic E-state index is 0.0157. The van der Waals surface area contributed by atoms with Crippen LogP contribution in [0.5, 0.6) is 0 Å². The lowest BCUT2D eigenvalue weighted by molar-refractivity contribution is -0.150. The third-order valence-electron chi connectivity index (χ3n) is 4.18. The summed E-state index contributed by atoms with van der Waals surface area (Å²) in [6.07, 6.45) is 0.568. The molecule has 0 heterocycles. The van der Waals surface area contributed by atoms with E-state index in [1.807, 2.05) is 30.3 Å². The lowest BCUT2D eigenvalue weighted by Gasteiger charge is -2.21. The first-order valence-corrected chi connectivity index (χ1v) is 9.34. The van der Waals surface area contributed by atoms with Gasteiger partial charge in [0, 0.05) is 6.54 Å². The molecule has 0 aliphatic rings. The number of aliphatic imine (C=N–C) groups is 1. The van der Waals surface area contributed by atoms with Crippen LogP contribution in [-0.2, 0) is 25.6 Å². The first-order chi connectivity index (χ1) is 14.1. The van der Waals surface area contributed by atoms with E-state index in [1.165, 1.54) is 6.92 Å². The molecular weight excluding hydrogens is 392 g/mol. The summed E-state index contributed by atoms with van der Waals surface area (Å²) < 4.78 is 0. The second kappa shape index (κ2) is 12.2. The fourth-order valence-corrected chi connectivity index (χ4v) is 2.56. The number of rotatable bonds is 12. The van der Waals surface area contributed by atoms with Gasteiger partial charge in [0.2, 0.25) is 11.8 Å². The van der Waals surface area contributed by atoms with Crippen LogP contribution >= 0.6 is 0 Å². The highest BCUT2D eigenvalue weighted by Gasteiger charge is 2.28. The zero-order valence-electron chi connectivity index (χ0n) is 16.7. The molecule has 11 heteroatoms. The van der Waals surface area contributed by atoms with E-state index >= 15 is 0 Å². The number of amides is 2. The zero-order valence-corrected chi connectivity index (χ0v) is 16.7. The number of carboxylic acid groups (broad SMARTS) is 1. The van der Waals surface area contributed by atoms with Crippen molar-refractivity contribution in [1.29, 1.82) is 0 Å². The Balaban J connectivity index is 2.63. The number of carboxylic acids is 1. The van der Waals surface area contributed by atoms with E-state index in [1.54, 1.807) is 0 Å².